The molecule has 2 saturated heterocycles. The molecule has 5 N–H and O–H groups in total. The number of ether oxygens (including phenoxy) is 1. The molecule has 6 fully saturated rings. The Hall–Kier alpha value is -1.60. The smallest absolute Gasteiger partial charge is 0.233 e. The van der Waals surface area contributed by atoms with E-state index in [1.54, 1.807) is 39.8 Å². The van der Waals surface area contributed by atoms with Crippen molar-refractivity contribution < 1.29 is 39.9 Å². The highest BCUT2D eigenvalue weighted by Crippen LogP contribution is 2.73. The number of benzene rings is 1. The maximum Gasteiger partial charge on any atom is 0.233 e. The number of rotatable bonds is 4. The zero-order valence-electron chi connectivity index (χ0n) is 34.5. The first-order valence-corrected chi connectivity index (χ1v) is 24.6. The molecule has 14 atom stereocenters. The Balaban J connectivity index is 1.17. The molecule has 0 aromatic heterocycles. The third-order valence-electron chi connectivity index (χ3n) is 18.1. The first kappa shape index (κ1) is 40.8. The van der Waals surface area contributed by atoms with Crippen LogP contribution in [-0.2, 0) is 20.7 Å². The van der Waals surface area contributed by atoms with Crippen molar-refractivity contribution in [3.8, 4) is 5.75 Å². The fourth-order valence-corrected chi connectivity index (χ4v) is 17.6. The third kappa shape index (κ3) is 5.81. The Morgan fingerprint density at radius 3 is 2.49 bits per heavy atom. The van der Waals surface area contributed by atoms with Crippen LogP contribution in [0.25, 0.3) is 0 Å². The van der Waals surface area contributed by atoms with Gasteiger partial charge in [-0.15, -0.1) is 0 Å². The number of anilines is 1. The summed E-state index contributed by atoms with van der Waals surface area (Å²) < 4.78 is 6.34. The van der Waals surface area contributed by atoms with E-state index in [0.717, 1.165) is 54.7 Å². The van der Waals surface area contributed by atoms with Crippen LogP contribution >= 0.6 is 21.6 Å². The summed E-state index contributed by atoms with van der Waals surface area (Å²) >= 11 is 0. The third-order valence-corrected chi connectivity index (χ3v) is 20.7. The van der Waals surface area contributed by atoms with Crippen LogP contribution in [0.15, 0.2) is 29.8 Å². The minimum absolute atomic E-state index is 0.0719. The van der Waals surface area contributed by atoms with E-state index < -0.39 is 45.1 Å². The van der Waals surface area contributed by atoms with Crippen molar-refractivity contribution in [1.82, 2.24) is 0 Å². The van der Waals surface area contributed by atoms with Gasteiger partial charge >= 0.3 is 0 Å². The van der Waals surface area contributed by atoms with Crippen molar-refractivity contribution in [3.63, 3.8) is 0 Å². The monoisotopic (exact) mass is 823 g/mol. The largest absolute Gasteiger partial charge is 0.508 e. The van der Waals surface area contributed by atoms with Gasteiger partial charge in [0.05, 0.1) is 40.3 Å². The molecule has 8 bridgehead atoms. The van der Waals surface area contributed by atoms with Crippen molar-refractivity contribution >= 4 is 39.0 Å². The molecule has 11 rings (SSSR count). The van der Waals surface area contributed by atoms with Crippen molar-refractivity contribution in [2.45, 2.75) is 154 Å². The van der Waals surface area contributed by atoms with Gasteiger partial charge in [-0.2, -0.15) is 0 Å². The van der Waals surface area contributed by atoms with Crippen molar-refractivity contribution in [3.05, 3.63) is 35.4 Å². The summed E-state index contributed by atoms with van der Waals surface area (Å²) in [4.78, 5) is 31.6. The lowest BCUT2D eigenvalue weighted by Crippen LogP contribution is -2.67. The van der Waals surface area contributed by atoms with Gasteiger partial charge in [-0.1, -0.05) is 62.1 Å². The van der Waals surface area contributed by atoms with E-state index in [2.05, 4.69) is 33.8 Å². The quantitative estimate of drug-likeness (QED) is 0.159. The van der Waals surface area contributed by atoms with Crippen LogP contribution in [0.2, 0.25) is 0 Å². The molecule has 9 nitrogen and oxygen atoms in total. The minimum Gasteiger partial charge on any atom is -0.508 e. The van der Waals surface area contributed by atoms with Gasteiger partial charge in [0.25, 0.3) is 0 Å². The van der Waals surface area contributed by atoms with E-state index in [0.29, 0.717) is 56.7 Å². The second kappa shape index (κ2) is 14.0. The highest BCUT2D eigenvalue weighted by Gasteiger charge is 2.74. The number of fused-ring (bicyclic) bond motifs is 2. The van der Waals surface area contributed by atoms with Gasteiger partial charge in [-0.05, 0) is 142 Å². The zero-order valence-corrected chi connectivity index (χ0v) is 36.2. The lowest BCUT2D eigenvalue weighted by Gasteiger charge is -2.65. The fourth-order valence-electron chi connectivity index (χ4n) is 14.4. The second-order valence-electron chi connectivity index (χ2n) is 20.8. The molecule has 3 spiro atoms. The average Bonchev–Trinajstić information content (AvgIpc) is 3.83. The zero-order chi connectivity index (χ0) is 40.5. The number of carbonyl (C=O) groups is 2. The van der Waals surface area contributed by atoms with E-state index in [1.807, 2.05) is 11.8 Å². The molecule has 5 aliphatic heterocycles. The number of aliphatic hydroxyl groups is 4. The molecule has 1 aromatic rings. The van der Waals surface area contributed by atoms with Crippen LogP contribution in [0.5, 0.6) is 5.75 Å². The number of epoxide rings is 1. The van der Waals surface area contributed by atoms with Crippen molar-refractivity contribution in [1.29, 1.82) is 0 Å². The molecule has 0 radical (unpaired) electrons. The van der Waals surface area contributed by atoms with Gasteiger partial charge in [-0.3, -0.25) is 9.59 Å². The molecule has 5 aliphatic carbocycles. The maximum atomic E-state index is 15.1. The Kier molecular flexibility index (Phi) is 9.99. The molecule has 14 unspecified atom stereocenters. The van der Waals surface area contributed by atoms with Crippen LogP contribution in [0.4, 0.5) is 5.69 Å². The number of allylic oxidation sites excluding steroid dienone is 1. The summed E-state index contributed by atoms with van der Waals surface area (Å²) in [7, 11) is 3.41. The molecule has 1 aromatic carbocycles. The predicted molar refractivity (Wildman–Crippen MR) is 224 cm³/mol. The molecule has 1 amide bonds. The SMILES string of the molecule is CC(C)C(C)C1OC1C(C)(O)C1CCC2(O)C3=CC(=O)C45CSSCC6CCCCC67CCN(C7=O)c6cc(O)cc(c6)CCC12CCC3C4(C)CC(O)C(O)C5. The standard InChI is InChI=1S/C46H65NO8S2/c1-26(2)27(3)38-39(55-38)42(5,53)36-11-15-46(54)33-21-37(51)45-23-35(50)34(49)22-41(45,4)32(33)10-14-44(36,46)13-9-28-18-30(20-31(48)19-28)47-17-16-43(40(47)52)12-7-6-8-29(43)24-56-57-25-45/h18-21,26-27,29,32,34-36,38-39,48-50,53-54H,6-17,22-25H2,1-5H3. The number of ketones is 1. The molecule has 4 saturated carbocycles. The number of phenols is 1. The number of amides is 1. The summed E-state index contributed by atoms with van der Waals surface area (Å²) in [6.07, 6.45) is 7.76. The lowest BCUT2D eigenvalue weighted by molar-refractivity contribution is -0.183. The number of aromatic hydroxyl groups is 1. The van der Waals surface area contributed by atoms with E-state index in [9.17, 15) is 30.3 Å². The topological polar surface area (TPSA) is 151 Å². The molecular weight excluding hydrogens is 759 g/mol. The second-order valence-corrected chi connectivity index (χ2v) is 23.3. The number of carbonyl (C=O) groups excluding carboxylic acids is 2. The Labute approximate surface area is 346 Å². The van der Waals surface area contributed by atoms with E-state index in [-0.39, 0.29) is 66.2 Å². The van der Waals surface area contributed by atoms with Crippen LogP contribution in [0.3, 0.4) is 0 Å². The first-order chi connectivity index (χ1) is 26.9. The van der Waals surface area contributed by atoms with Gasteiger partial charge < -0.3 is 35.2 Å². The van der Waals surface area contributed by atoms with E-state index in [4.69, 9.17) is 4.74 Å². The van der Waals surface area contributed by atoms with Crippen LogP contribution in [0, 0.1) is 51.2 Å². The van der Waals surface area contributed by atoms with Gasteiger partial charge in [0.15, 0.2) is 5.78 Å². The highest BCUT2D eigenvalue weighted by atomic mass is 33.1. The first-order valence-electron chi connectivity index (χ1n) is 22.1. The molecule has 10 aliphatic rings. The molecule has 57 heavy (non-hydrogen) atoms. The predicted octanol–water partition coefficient (Wildman–Crippen LogP) is 7.00. The van der Waals surface area contributed by atoms with Crippen LogP contribution in [0.1, 0.15) is 117 Å². The highest BCUT2D eigenvalue weighted by molar-refractivity contribution is 8.76. The van der Waals surface area contributed by atoms with Gasteiger partial charge in [0, 0.05) is 35.2 Å². The Morgan fingerprint density at radius 1 is 0.947 bits per heavy atom. The fraction of sp³-hybridized carbons (Fsp3) is 0.783. The van der Waals surface area contributed by atoms with Gasteiger partial charge in [-0.25, -0.2) is 0 Å². The average molecular weight is 824 g/mol. The van der Waals surface area contributed by atoms with Crippen molar-refractivity contribution in [2.75, 3.05) is 23.0 Å². The normalized spacial score (nSPS) is 46.0. The molecule has 11 heteroatoms. The number of nitrogens with zero attached hydrogens (tertiary/aromatic N) is 1. The number of phenolic OH excluding ortho intramolecular Hbond substituents is 1. The van der Waals surface area contributed by atoms with Crippen molar-refractivity contribution in [2.24, 2.45) is 51.2 Å². The maximum absolute atomic E-state index is 15.1. The van der Waals surface area contributed by atoms with Crippen LogP contribution in [-0.4, -0.2) is 90.9 Å². The number of aryl methyl sites for hydroxylation is 1. The molecule has 5 heterocycles. The minimum atomic E-state index is -1.40. The Bertz CT molecular complexity index is 1840. The van der Waals surface area contributed by atoms with Crippen LogP contribution < -0.4 is 4.90 Å². The molecular formula is C46H65NO8S2. The van der Waals surface area contributed by atoms with Gasteiger partial charge in [0.2, 0.25) is 5.91 Å². The Morgan fingerprint density at radius 2 is 1.72 bits per heavy atom. The summed E-state index contributed by atoms with van der Waals surface area (Å²) in [6.45, 7) is 11.2. The summed E-state index contributed by atoms with van der Waals surface area (Å²) in [5, 5.41) is 60.2. The lowest BCUT2D eigenvalue weighted by atomic mass is 9.41. The number of aliphatic hydroxyl groups excluding tert-OH is 2. The summed E-state index contributed by atoms with van der Waals surface area (Å²) in [5.41, 5.74) is -3.21. The summed E-state index contributed by atoms with van der Waals surface area (Å²) in [6, 6.07) is 5.55. The summed E-state index contributed by atoms with van der Waals surface area (Å²) in [5.74, 6) is 1.77. The molecule has 314 valence electrons. The number of hydrogen-bond acceptors (Lipinski definition) is 10. The van der Waals surface area contributed by atoms with Gasteiger partial charge in [0.1, 0.15) is 11.9 Å². The number of hydrogen-bond donors (Lipinski definition) is 5. The van der Waals surface area contributed by atoms with E-state index in [1.165, 1.54) is 0 Å². The van der Waals surface area contributed by atoms with E-state index >= 15 is 4.79 Å².